The van der Waals surface area contributed by atoms with Crippen LogP contribution < -0.4 is 10.9 Å². The lowest BCUT2D eigenvalue weighted by Gasteiger charge is -2.32. The monoisotopic (exact) mass is 479 g/mol. The normalized spacial score (nSPS) is 19.4. The molecule has 2 aromatic carbocycles. The van der Waals surface area contributed by atoms with Gasteiger partial charge in [0.25, 0.3) is 11.5 Å². The summed E-state index contributed by atoms with van der Waals surface area (Å²) in [5, 5.41) is 19.3. The maximum absolute atomic E-state index is 13.6. The fraction of sp³-hybridized carbons (Fsp3) is 0.346. The van der Waals surface area contributed by atoms with E-state index in [2.05, 4.69) is 10.5 Å². The number of carbonyl (C=O) groups excluding carboxylic acids is 1. The van der Waals surface area contributed by atoms with Crippen molar-refractivity contribution in [2.24, 2.45) is 0 Å². The van der Waals surface area contributed by atoms with Gasteiger partial charge in [-0.05, 0) is 57.2 Å². The fourth-order valence-corrected chi connectivity index (χ4v) is 5.40. The van der Waals surface area contributed by atoms with Crippen LogP contribution in [0.5, 0.6) is 0 Å². The number of carbonyl (C=O) groups is 1. The Bertz CT molecular complexity index is 1460. The average Bonchev–Trinajstić information content (AvgIpc) is 3.20. The van der Waals surface area contributed by atoms with Gasteiger partial charge < -0.3 is 19.5 Å². The Morgan fingerprint density at radius 1 is 1.21 bits per heavy atom. The molecule has 1 aliphatic rings. The second-order valence-electron chi connectivity index (χ2n) is 9.11. The van der Waals surface area contributed by atoms with Gasteiger partial charge in [0, 0.05) is 17.5 Å². The first-order valence-corrected chi connectivity index (χ1v) is 11.9. The first-order valence-electron chi connectivity index (χ1n) is 11.5. The van der Waals surface area contributed by atoms with Gasteiger partial charge in [-0.2, -0.15) is 0 Å². The molecule has 34 heavy (non-hydrogen) atoms. The van der Waals surface area contributed by atoms with Crippen molar-refractivity contribution >= 4 is 39.3 Å². The molecule has 2 heterocycles. The highest BCUT2D eigenvalue weighted by molar-refractivity contribution is 6.37. The van der Waals surface area contributed by atoms with E-state index in [1.165, 1.54) is 0 Å². The van der Waals surface area contributed by atoms with Gasteiger partial charge in [-0.1, -0.05) is 52.7 Å². The van der Waals surface area contributed by atoms with Gasteiger partial charge in [0.05, 0.1) is 10.5 Å². The molecule has 1 amide bonds. The molecule has 2 N–H and O–H groups in total. The number of hydrogen-bond acceptors (Lipinski definition) is 5. The minimum Gasteiger partial charge on any atom is -0.378 e. The number of fused-ring (bicyclic) bond motifs is 3. The van der Waals surface area contributed by atoms with E-state index in [1.54, 1.807) is 29.7 Å². The van der Waals surface area contributed by atoms with Gasteiger partial charge in [-0.15, -0.1) is 0 Å². The number of hydrogen-bond donors (Lipinski definition) is 2. The Balaban J connectivity index is 1.47. The molecular weight excluding hydrogens is 454 g/mol. The minimum atomic E-state index is -1.24. The van der Waals surface area contributed by atoms with Crippen LogP contribution in [-0.4, -0.2) is 26.8 Å². The molecule has 0 spiro atoms. The third-order valence-corrected chi connectivity index (χ3v) is 7.06. The van der Waals surface area contributed by atoms with Crippen molar-refractivity contribution < 1.29 is 14.4 Å². The molecule has 5 rings (SSSR count). The molecule has 1 aliphatic carbocycles. The summed E-state index contributed by atoms with van der Waals surface area (Å²) in [4.78, 5) is 26.4. The van der Waals surface area contributed by atoms with Gasteiger partial charge in [-0.25, -0.2) is 0 Å². The van der Waals surface area contributed by atoms with Crippen LogP contribution in [0.3, 0.4) is 0 Å². The van der Waals surface area contributed by atoms with E-state index >= 15 is 0 Å². The molecule has 4 aromatic rings. The number of rotatable bonds is 4. The lowest BCUT2D eigenvalue weighted by atomic mass is 9.89. The summed E-state index contributed by atoms with van der Waals surface area (Å²) in [7, 11) is 0. The van der Waals surface area contributed by atoms with Crippen LogP contribution in [0, 0.1) is 13.8 Å². The van der Waals surface area contributed by atoms with Gasteiger partial charge >= 0.3 is 0 Å². The summed E-state index contributed by atoms with van der Waals surface area (Å²) < 4.78 is 7.13. The molecule has 8 heteroatoms. The molecule has 2 aromatic heterocycles. The zero-order chi connectivity index (χ0) is 24.0. The van der Waals surface area contributed by atoms with E-state index in [0.717, 1.165) is 24.8 Å². The molecule has 1 fully saturated rings. The van der Waals surface area contributed by atoms with Gasteiger partial charge in [0.2, 0.25) is 0 Å². The molecule has 3 unspecified atom stereocenters. The van der Waals surface area contributed by atoms with Crippen molar-refractivity contribution in [2.75, 3.05) is 0 Å². The molecule has 3 atom stereocenters. The maximum atomic E-state index is 13.6. The van der Waals surface area contributed by atoms with Crippen LogP contribution in [0.1, 0.15) is 54.7 Å². The lowest BCUT2D eigenvalue weighted by Crippen LogP contribution is -2.42. The number of aryl methyl sites for hydroxylation is 2. The fourth-order valence-electron chi connectivity index (χ4n) is 5.14. The summed E-state index contributed by atoms with van der Waals surface area (Å²) in [6, 6.07) is 12.5. The third kappa shape index (κ3) is 3.89. The van der Waals surface area contributed by atoms with Crippen LogP contribution in [0.25, 0.3) is 21.8 Å². The number of nitrogens with one attached hydrogen (secondary N) is 1. The van der Waals surface area contributed by atoms with Crippen molar-refractivity contribution in [3.8, 4) is 0 Å². The first kappa shape index (κ1) is 22.6. The summed E-state index contributed by atoms with van der Waals surface area (Å²) in [5.74, 6) is 0.0272. The standard InChI is InChI=1S/C26H26ClN3O4/c1-14-6-3-7-16(12-14)24(31)25(32)28-17-8-4-9-18(13-17)30-20-11-5-10-19(27)22(20)23-21(26(30)33)15(2)34-29-23/h3,5-7,10-12,17-18,24,31H,4,8-9,13H2,1-2H3,(H,28,32). The summed E-state index contributed by atoms with van der Waals surface area (Å²) in [6.45, 7) is 3.64. The van der Waals surface area contributed by atoms with Crippen LogP contribution in [0.4, 0.5) is 0 Å². The Labute approximate surface area is 201 Å². The van der Waals surface area contributed by atoms with E-state index in [4.69, 9.17) is 16.1 Å². The number of pyridine rings is 1. The SMILES string of the molecule is Cc1cccc(C(O)C(=O)NC2CCCC(n3c(=O)c4c(C)onc4c4c(Cl)cccc43)C2)c1. The van der Waals surface area contributed by atoms with E-state index in [9.17, 15) is 14.7 Å². The molecule has 176 valence electrons. The smallest absolute Gasteiger partial charge is 0.264 e. The van der Waals surface area contributed by atoms with Crippen molar-refractivity contribution in [3.05, 3.63) is 74.7 Å². The number of halogens is 1. The number of nitrogens with zero attached hydrogens (tertiary/aromatic N) is 2. The highest BCUT2D eigenvalue weighted by Crippen LogP contribution is 2.35. The predicted octanol–water partition coefficient (Wildman–Crippen LogP) is 4.75. The Morgan fingerprint density at radius 2 is 2.00 bits per heavy atom. The van der Waals surface area contributed by atoms with Crippen molar-refractivity contribution in [1.82, 2.24) is 15.0 Å². The Morgan fingerprint density at radius 3 is 2.79 bits per heavy atom. The molecular formula is C26H26ClN3O4. The molecule has 0 saturated heterocycles. The lowest BCUT2D eigenvalue weighted by molar-refractivity contribution is -0.130. The Hall–Kier alpha value is -3.16. The molecule has 7 nitrogen and oxygen atoms in total. The average molecular weight is 480 g/mol. The second kappa shape index (κ2) is 8.89. The van der Waals surface area contributed by atoms with E-state index in [1.807, 2.05) is 31.2 Å². The maximum Gasteiger partial charge on any atom is 0.264 e. The predicted molar refractivity (Wildman–Crippen MR) is 131 cm³/mol. The first-order chi connectivity index (χ1) is 16.3. The summed E-state index contributed by atoms with van der Waals surface area (Å²) in [6.07, 6.45) is 1.75. The summed E-state index contributed by atoms with van der Waals surface area (Å²) >= 11 is 6.53. The zero-order valence-electron chi connectivity index (χ0n) is 19.0. The van der Waals surface area contributed by atoms with Crippen LogP contribution >= 0.6 is 11.6 Å². The molecule has 0 radical (unpaired) electrons. The van der Waals surface area contributed by atoms with Crippen LogP contribution in [0.15, 0.2) is 51.8 Å². The third-order valence-electron chi connectivity index (χ3n) is 6.75. The van der Waals surface area contributed by atoms with Crippen molar-refractivity contribution in [2.45, 2.75) is 57.7 Å². The number of benzene rings is 2. The highest BCUT2D eigenvalue weighted by atomic mass is 35.5. The van der Waals surface area contributed by atoms with Crippen LogP contribution in [0.2, 0.25) is 5.02 Å². The van der Waals surface area contributed by atoms with Gasteiger partial charge in [0.1, 0.15) is 16.7 Å². The van der Waals surface area contributed by atoms with E-state index < -0.39 is 12.0 Å². The minimum absolute atomic E-state index is 0.137. The van der Waals surface area contributed by atoms with Gasteiger partial charge in [-0.3, -0.25) is 9.59 Å². The molecule has 0 bridgehead atoms. The van der Waals surface area contributed by atoms with E-state index in [-0.39, 0.29) is 17.6 Å². The Kier molecular flexibility index (Phi) is 5.91. The van der Waals surface area contributed by atoms with E-state index in [0.29, 0.717) is 44.6 Å². The highest BCUT2D eigenvalue weighted by Gasteiger charge is 2.30. The van der Waals surface area contributed by atoms with Crippen molar-refractivity contribution in [1.29, 1.82) is 0 Å². The largest absolute Gasteiger partial charge is 0.378 e. The number of aliphatic hydroxyl groups excluding tert-OH is 1. The zero-order valence-corrected chi connectivity index (χ0v) is 19.8. The van der Waals surface area contributed by atoms with Gasteiger partial charge in [0.15, 0.2) is 6.10 Å². The van der Waals surface area contributed by atoms with Crippen molar-refractivity contribution in [3.63, 3.8) is 0 Å². The summed E-state index contributed by atoms with van der Waals surface area (Å²) in [5.41, 5.74) is 2.55. The molecule has 0 aliphatic heterocycles. The molecule has 1 saturated carbocycles. The number of aliphatic hydroxyl groups is 1. The topological polar surface area (TPSA) is 97.4 Å². The number of aromatic nitrogens is 2. The van der Waals surface area contributed by atoms with Crippen LogP contribution in [-0.2, 0) is 4.79 Å². The number of amides is 1. The second-order valence-corrected chi connectivity index (χ2v) is 9.52. The quantitative estimate of drug-likeness (QED) is 0.440.